The van der Waals surface area contributed by atoms with Crippen molar-refractivity contribution in [2.24, 2.45) is 0 Å². The van der Waals surface area contributed by atoms with Crippen LogP contribution in [0.1, 0.15) is 23.7 Å². The summed E-state index contributed by atoms with van der Waals surface area (Å²) in [4.78, 5) is 18.3. The van der Waals surface area contributed by atoms with Gasteiger partial charge in [-0.3, -0.25) is 4.79 Å². The van der Waals surface area contributed by atoms with Crippen LogP contribution in [0.3, 0.4) is 0 Å². The number of H-pyrrole nitrogens is 1. The summed E-state index contributed by atoms with van der Waals surface area (Å²) in [7, 11) is 0. The quantitative estimate of drug-likeness (QED) is 0.863. The van der Waals surface area contributed by atoms with Crippen LogP contribution in [0, 0.1) is 12.7 Å². The summed E-state index contributed by atoms with van der Waals surface area (Å²) in [6, 6.07) is 2.06. The average Bonchev–Trinajstić information content (AvgIpc) is 2.36. The molecule has 1 heterocycles. The minimum absolute atomic E-state index is 0.0836. The topological polar surface area (TPSA) is 45.8 Å². The Morgan fingerprint density at radius 2 is 1.90 bits per heavy atom. The molecule has 0 aliphatic carbocycles. The average molecular weight is 300 g/mol. The number of halogens is 4. The number of nitrogens with one attached hydrogen (secondary N) is 1. The van der Waals surface area contributed by atoms with E-state index in [0.29, 0.717) is 23.7 Å². The van der Waals surface area contributed by atoms with Gasteiger partial charge in [0.15, 0.2) is 0 Å². The Balaban J connectivity index is 2.63. The van der Waals surface area contributed by atoms with E-state index < -0.39 is 23.1 Å². The number of benzene rings is 1. The second-order valence-electron chi connectivity index (χ2n) is 4.56. The zero-order chi connectivity index (χ0) is 15.8. The van der Waals surface area contributed by atoms with E-state index in [0.717, 1.165) is 12.1 Å². The van der Waals surface area contributed by atoms with Gasteiger partial charge in [-0.1, -0.05) is 6.92 Å². The number of aromatic amines is 1. The van der Waals surface area contributed by atoms with E-state index in [1.54, 1.807) is 13.8 Å². The summed E-state index contributed by atoms with van der Waals surface area (Å²) in [5.41, 5.74) is -0.819. The van der Waals surface area contributed by atoms with Gasteiger partial charge in [0.1, 0.15) is 11.6 Å². The van der Waals surface area contributed by atoms with Gasteiger partial charge < -0.3 is 4.98 Å². The van der Waals surface area contributed by atoms with Crippen LogP contribution in [0.5, 0.6) is 0 Å². The molecule has 2 aromatic rings. The lowest BCUT2D eigenvalue weighted by Crippen LogP contribution is -2.17. The number of hydrogen-bond donors (Lipinski definition) is 1. The van der Waals surface area contributed by atoms with Crippen LogP contribution in [-0.4, -0.2) is 9.97 Å². The van der Waals surface area contributed by atoms with Crippen LogP contribution in [0.4, 0.5) is 17.6 Å². The highest BCUT2D eigenvalue weighted by molar-refractivity contribution is 5.57. The van der Waals surface area contributed by atoms with Gasteiger partial charge in [-0.25, -0.2) is 9.37 Å². The van der Waals surface area contributed by atoms with Crippen molar-refractivity contribution < 1.29 is 17.6 Å². The lowest BCUT2D eigenvalue weighted by atomic mass is 10.1. The van der Waals surface area contributed by atoms with Gasteiger partial charge in [0.2, 0.25) is 0 Å². The van der Waals surface area contributed by atoms with Gasteiger partial charge in [-0.05, 0) is 31.5 Å². The third-order valence-electron chi connectivity index (χ3n) is 3.07. The maximum absolute atomic E-state index is 13.4. The molecule has 0 saturated carbocycles. The molecule has 3 nitrogen and oxygen atoms in total. The minimum atomic E-state index is -4.67. The van der Waals surface area contributed by atoms with E-state index in [4.69, 9.17) is 0 Å². The van der Waals surface area contributed by atoms with Crippen molar-refractivity contribution in [2.45, 2.75) is 26.4 Å². The van der Waals surface area contributed by atoms with Crippen molar-refractivity contribution in [1.82, 2.24) is 9.97 Å². The molecule has 1 aromatic heterocycles. The molecule has 112 valence electrons. The number of alkyl halides is 3. The molecule has 0 radical (unpaired) electrons. The summed E-state index contributed by atoms with van der Waals surface area (Å²) in [5, 5.41) is 0. The summed E-state index contributed by atoms with van der Waals surface area (Å²) < 4.78 is 51.4. The highest BCUT2D eigenvalue weighted by atomic mass is 19.4. The maximum atomic E-state index is 13.4. The monoisotopic (exact) mass is 300 g/mol. The zero-order valence-electron chi connectivity index (χ0n) is 11.3. The van der Waals surface area contributed by atoms with Crippen molar-refractivity contribution in [3.63, 3.8) is 0 Å². The van der Waals surface area contributed by atoms with E-state index >= 15 is 0 Å². The first-order valence-corrected chi connectivity index (χ1v) is 6.20. The molecule has 0 saturated heterocycles. The SMILES string of the molecule is CCc1c(C)nc(-c2cc(F)cc(C(F)(F)F)c2)[nH]c1=O. The Hall–Kier alpha value is -2.18. The van der Waals surface area contributed by atoms with Crippen molar-refractivity contribution in [2.75, 3.05) is 0 Å². The molecule has 2 rings (SSSR count). The predicted octanol–water partition coefficient (Wildman–Crippen LogP) is 3.47. The van der Waals surface area contributed by atoms with Crippen molar-refractivity contribution >= 4 is 0 Å². The predicted molar refractivity (Wildman–Crippen MR) is 69.4 cm³/mol. The molecule has 0 atom stereocenters. The van der Waals surface area contributed by atoms with E-state index in [1.807, 2.05) is 0 Å². The van der Waals surface area contributed by atoms with Gasteiger partial charge in [0, 0.05) is 16.8 Å². The number of aryl methyl sites for hydroxylation is 1. The van der Waals surface area contributed by atoms with Crippen molar-refractivity contribution in [3.05, 3.63) is 51.2 Å². The summed E-state index contributed by atoms with van der Waals surface area (Å²) in [5.74, 6) is -1.13. The van der Waals surface area contributed by atoms with E-state index in [2.05, 4.69) is 9.97 Å². The summed E-state index contributed by atoms with van der Waals surface area (Å²) in [6.45, 7) is 3.35. The first-order valence-electron chi connectivity index (χ1n) is 6.20. The number of nitrogens with zero attached hydrogens (tertiary/aromatic N) is 1. The first-order chi connectivity index (χ1) is 9.72. The van der Waals surface area contributed by atoms with Crippen LogP contribution in [-0.2, 0) is 12.6 Å². The fourth-order valence-electron chi connectivity index (χ4n) is 2.05. The van der Waals surface area contributed by atoms with E-state index in [9.17, 15) is 22.4 Å². The lowest BCUT2D eigenvalue weighted by molar-refractivity contribution is -0.137. The Bertz CT molecular complexity index is 735. The van der Waals surface area contributed by atoms with Crippen LogP contribution < -0.4 is 5.56 Å². The highest BCUT2D eigenvalue weighted by Crippen LogP contribution is 2.32. The number of rotatable bonds is 2. The molecule has 0 fully saturated rings. The molecule has 0 aliphatic heterocycles. The summed E-state index contributed by atoms with van der Waals surface area (Å²) >= 11 is 0. The molecule has 7 heteroatoms. The van der Waals surface area contributed by atoms with Gasteiger partial charge in [-0.2, -0.15) is 13.2 Å². The highest BCUT2D eigenvalue weighted by Gasteiger charge is 2.31. The van der Waals surface area contributed by atoms with Crippen LogP contribution >= 0.6 is 0 Å². The Morgan fingerprint density at radius 1 is 1.24 bits per heavy atom. The molecule has 0 spiro atoms. The maximum Gasteiger partial charge on any atom is 0.416 e. The fourth-order valence-corrected chi connectivity index (χ4v) is 2.05. The van der Waals surface area contributed by atoms with Gasteiger partial charge >= 0.3 is 6.18 Å². The van der Waals surface area contributed by atoms with Crippen LogP contribution in [0.25, 0.3) is 11.4 Å². The second-order valence-corrected chi connectivity index (χ2v) is 4.56. The standard InChI is InChI=1S/C14H12F4N2O/c1-3-11-7(2)19-12(20-13(11)21)8-4-9(14(16,17)18)6-10(15)5-8/h4-6H,3H2,1-2H3,(H,19,20,21). The molecule has 0 amide bonds. The Kier molecular flexibility index (Phi) is 3.85. The van der Waals surface area contributed by atoms with Gasteiger partial charge in [0.05, 0.1) is 5.56 Å². The van der Waals surface area contributed by atoms with Gasteiger partial charge in [0.25, 0.3) is 5.56 Å². The van der Waals surface area contributed by atoms with Gasteiger partial charge in [-0.15, -0.1) is 0 Å². The number of aromatic nitrogens is 2. The molecule has 1 aromatic carbocycles. The van der Waals surface area contributed by atoms with Crippen molar-refractivity contribution in [1.29, 1.82) is 0 Å². The smallest absolute Gasteiger partial charge is 0.306 e. The second kappa shape index (κ2) is 5.31. The first kappa shape index (κ1) is 15.2. The van der Waals surface area contributed by atoms with Crippen LogP contribution in [0.2, 0.25) is 0 Å². The molecular formula is C14H12F4N2O. The van der Waals surface area contributed by atoms with E-state index in [1.165, 1.54) is 0 Å². The molecule has 0 aliphatic rings. The normalized spacial score (nSPS) is 11.7. The minimum Gasteiger partial charge on any atom is -0.306 e. The Morgan fingerprint density at radius 3 is 2.43 bits per heavy atom. The summed E-state index contributed by atoms with van der Waals surface area (Å²) in [6.07, 6.45) is -4.22. The zero-order valence-corrected chi connectivity index (χ0v) is 11.3. The Labute approximate surface area is 117 Å². The molecule has 21 heavy (non-hydrogen) atoms. The molecule has 1 N–H and O–H groups in total. The van der Waals surface area contributed by atoms with E-state index in [-0.39, 0.29) is 11.4 Å². The number of hydrogen-bond acceptors (Lipinski definition) is 2. The third kappa shape index (κ3) is 3.12. The third-order valence-corrected chi connectivity index (χ3v) is 3.07. The fraction of sp³-hybridized carbons (Fsp3) is 0.286. The molecule has 0 bridgehead atoms. The molecular weight excluding hydrogens is 288 g/mol. The van der Waals surface area contributed by atoms with Crippen molar-refractivity contribution in [3.8, 4) is 11.4 Å². The molecule has 0 unspecified atom stereocenters. The largest absolute Gasteiger partial charge is 0.416 e. The lowest BCUT2D eigenvalue weighted by Gasteiger charge is -2.10. The van der Waals surface area contributed by atoms with Crippen LogP contribution in [0.15, 0.2) is 23.0 Å².